The standard InChI is InChI=1S/C16H24FN3O2/c1-2-22-15-13(5-3-6-14(15)17)16(21)19-7-4-10-20-11-8-18-9-12-20/h3,5-6,18H,2,4,7-12H2,1H3,(H,19,21). The van der Waals surface area contributed by atoms with Crippen LogP contribution < -0.4 is 15.4 Å². The highest BCUT2D eigenvalue weighted by molar-refractivity contribution is 5.96. The summed E-state index contributed by atoms with van der Waals surface area (Å²) in [5, 5.41) is 6.14. The van der Waals surface area contributed by atoms with Crippen LogP contribution in [0.15, 0.2) is 18.2 Å². The Labute approximate surface area is 130 Å². The molecular formula is C16H24FN3O2. The minimum Gasteiger partial charge on any atom is -0.490 e. The molecule has 1 aliphatic heterocycles. The minimum absolute atomic E-state index is 0.0320. The highest BCUT2D eigenvalue weighted by Gasteiger charge is 2.16. The van der Waals surface area contributed by atoms with E-state index in [1.54, 1.807) is 13.0 Å². The lowest BCUT2D eigenvalue weighted by Gasteiger charge is -2.27. The Morgan fingerprint density at radius 3 is 2.91 bits per heavy atom. The highest BCUT2D eigenvalue weighted by Crippen LogP contribution is 2.22. The number of hydrogen-bond acceptors (Lipinski definition) is 4. The van der Waals surface area contributed by atoms with E-state index in [1.807, 2.05) is 0 Å². The molecule has 0 unspecified atom stereocenters. The van der Waals surface area contributed by atoms with Crippen molar-refractivity contribution >= 4 is 5.91 Å². The second-order valence-electron chi connectivity index (χ2n) is 5.25. The fourth-order valence-electron chi connectivity index (χ4n) is 2.51. The van der Waals surface area contributed by atoms with Crippen molar-refractivity contribution < 1.29 is 13.9 Å². The second kappa shape index (κ2) is 8.70. The number of amides is 1. The quantitative estimate of drug-likeness (QED) is 0.744. The summed E-state index contributed by atoms with van der Waals surface area (Å²) in [6.45, 7) is 7.76. The third-order valence-electron chi connectivity index (χ3n) is 3.65. The smallest absolute Gasteiger partial charge is 0.255 e. The topological polar surface area (TPSA) is 53.6 Å². The summed E-state index contributed by atoms with van der Waals surface area (Å²) in [5.41, 5.74) is 0.254. The average molecular weight is 309 g/mol. The molecule has 1 heterocycles. The van der Waals surface area contributed by atoms with Gasteiger partial charge in [-0.1, -0.05) is 6.07 Å². The van der Waals surface area contributed by atoms with Crippen molar-refractivity contribution in [3.8, 4) is 5.75 Å². The van der Waals surface area contributed by atoms with E-state index in [1.165, 1.54) is 12.1 Å². The van der Waals surface area contributed by atoms with Gasteiger partial charge in [0.05, 0.1) is 12.2 Å². The van der Waals surface area contributed by atoms with Gasteiger partial charge in [-0.05, 0) is 32.0 Å². The minimum atomic E-state index is -0.504. The molecule has 1 saturated heterocycles. The van der Waals surface area contributed by atoms with E-state index in [-0.39, 0.29) is 17.2 Å². The first-order valence-corrected chi connectivity index (χ1v) is 7.85. The van der Waals surface area contributed by atoms with Gasteiger partial charge in [0.15, 0.2) is 11.6 Å². The molecule has 0 atom stereocenters. The summed E-state index contributed by atoms with van der Waals surface area (Å²) in [6, 6.07) is 4.40. The summed E-state index contributed by atoms with van der Waals surface area (Å²) in [6.07, 6.45) is 0.880. The van der Waals surface area contributed by atoms with Gasteiger partial charge in [0.1, 0.15) is 0 Å². The second-order valence-corrected chi connectivity index (χ2v) is 5.25. The predicted octanol–water partition coefficient (Wildman–Crippen LogP) is 1.25. The number of carbonyl (C=O) groups is 1. The Morgan fingerprint density at radius 2 is 2.18 bits per heavy atom. The van der Waals surface area contributed by atoms with Crippen LogP contribution in [0, 0.1) is 5.82 Å². The zero-order valence-corrected chi connectivity index (χ0v) is 13.0. The summed E-state index contributed by atoms with van der Waals surface area (Å²) in [7, 11) is 0. The number of benzene rings is 1. The molecule has 1 aromatic rings. The van der Waals surface area contributed by atoms with Gasteiger partial charge in [-0.15, -0.1) is 0 Å². The molecule has 0 aromatic heterocycles. The van der Waals surface area contributed by atoms with E-state index in [4.69, 9.17) is 4.74 Å². The molecular weight excluding hydrogens is 285 g/mol. The van der Waals surface area contributed by atoms with Crippen LogP contribution in [0.25, 0.3) is 0 Å². The normalized spacial score (nSPS) is 15.5. The molecule has 5 nitrogen and oxygen atoms in total. The van der Waals surface area contributed by atoms with Crippen molar-refractivity contribution in [2.45, 2.75) is 13.3 Å². The van der Waals surface area contributed by atoms with Gasteiger partial charge in [-0.3, -0.25) is 4.79 Å². The van der Waals surface area contributed by atoms with E-state index in [0.717, 1.165) is 39.1 Å². The van der Waals surface area contributed by atoms with Crippen LogP contribution >= 0.6 is 0 Å². The van der Waals surface area contributed by atoms with Gasteiger partial charge < -0.3 is 20.3 Å². The predicted molar refractivity (Wildman–Crippen MR) is 83.8 cm³/mol. The molecule has 1 fully saturated rings. The SMILES string of the molecule is CCOc1c(F)cccc1C(=O)NCCCN1CCNCC1. The molecule has 1 aromatic carbocycles. The van der Waals surface area contributed by atoms with E-state index >= 15 is 0 Å². The number of nitrogens with one attached hydrogen (secondary N) is 2. The first-order chi connectivity index (χ1) is 10.7. The third-order valence-corrected chi connectivity index (χ3v) is 3.65. The highest BCUT2D eigenvalue weighted by atomic mass is 19.1. The van der Waals surface area contributed by atoms with Gasteiger partial charge in [0.25, 0.3) is 5.91 Å². The molecule has 2 N–H and O–H groups in total. The van der Waals surface area contributed by atoms with Crippen LogP contribution in [0.5, 0.6) is 5.75 Å². The summed E-state index contributed by atoms with van der Waals surface area (Å²) in [5.74, 6) is -0.761. The number of carbonyl (C=O) groups excluding carboxylic acids is 1. The molecule has 0 saturated carbocycles. The molecule has 0 aliphatic carbocycles. The summed E-state index contributed by atoms with van der Waals surface area (Å²) < 4.78 is 19.0. The van der Waals surface area contributed by atoms with Gasteiger partial charge in [0, 0.05) is 32.7 Å². The number of piperazine rings is 1. The Hall–Kier alpha value is -1.66. The lowest BCUT2D eigenvalue weighted by Crippen LogP contribution is -2.44. The van der Waals surface area contributed by atoms with Crippen molar-refractivity contribution in [1.82, 2.24) is 15.5 Å². The van der Waals surface area contributed by atoms with Crippen LogP contribution in [0.2, 0.25) is 0 Å². The van der Waals surface area contributed by atoms with Gasteiger partial charge in [-0.25, -0.2) is 4.39 Å². The number of para-hydroxylation sites is 1. The monoisotopic (exact) mass is 309 g/mol. The fraction of sp³-hybridized carbons (Fsp3) is 0.562. The molecule has 0 spiro atoms. The first-order valence-electron chi connectivity index (χ1n) is 7.85. The number of rotatable bonds is 7. The van der Waals surface area contributed by atoms with Crippen LogP contribution in [0.4, 0.5) is 4.39 Å². The van der Waals surface area contributed by atoms with Crippen LogP contribution in [-0.2, 0) is 0 Å². The molecule has 1 aliphatic rings. The molecule has 0 radical (unpaired) electrons. The van der Waals surface area contributed by atoms with Crippen molar-refractivity contribution in [3.05, 3.63) is 29.6 Å². The molecule has 122 valence electrons. The lowest BCUT2D eigenvalue weighted by atomic mass is 10.1. The van der Waals surface area contributed by atoms with E-state index in [2.05, 4.69) is 15.5 Å². The number of hydrogen-bond donors (Lipinski definition) is 2. The van der Waals surface area contributed by atoms with Crippen molar-refractivity contribution in [1.29, 1.82) is 0 Å². The maximum Gasteiger partial charge on any atom is 0.255 e. The Balaban J connectivity index is 1.80. The molecule has 22 heavy (non-hydrogen) atoms. The Bertz CT molecular complexity index is 490. The maximum atomic E-state index is 13.7. The van der Waals surface area contributed by atoms with Gasteiger partial charge in [-0.2, -0.15) is 0 Å². The molecule has 0 bridgehead atoms. The van der Waals surface area contributed by atoms with Gasteiger partial charge >= 0.3 is 0 Å². The average Bonchev–Trinajstić information content (AvgIpc) is 2.54. The number of halogens is 1. The zero-order valence-electron chi connectivity index (χ0n) is 13.0. The fourth-order valence-corrected chi connectivity index (χ4v) is 2.51. The maximum absolute atomic E-state index is 13.7. The molecule has 2 rings (SSSR count). The zero-order chi connectivity index (χ0) is 15.8. The van der Waals surface area contributed by atoms with Crippen molar-refractivity contribution in [3.63, 3.8) is 0 Å². The summed E-state index contributed by atoms with van der Waals surface area (Å²) in [4.78, 5) is 14.5. The van der Waals surface area contributed by atoms with Gasteiger partial charge in [0.2, 0.25) is 0 Å². The third kappa shape index (κ3) is 4.68. The molecule has 1 amide bonds. The van der Waals surface area contributed by atoms with E-state index in [0.29, 0.717) is 13.2 Å². The number of nitrogens with zero attached hydrogens (tertiary/aromatic N) is 1. The first kappa shape index (κ1) is 16.7. The summed E-state index contributed by atoms with van der Waals surface area (Å²) >= 11 is 0. The van der Waals surface area contributed by atoms with Crippen molar-refractivity contribution in [2.24, 2.45) is 0 Å². The van der Waals surface area contributed by atoms with Crippen LogP contribution in [0.1, 0.15) is 23.7 Å². The Morgan fingerprint density at radius 1 is 1.41 bits per heavy atom. The molecule has 6 heteroatoms. The van der Waals surface area contributed by atoms with Crippen LogP contribution in [-0.4, -0.2) is 56.7 Å². The Kier molecular flexibility index (Phi) is 6.61. The van der Waals surface area contributed by atoms with E-state index < -0.39 is 5.82 Å². The lowest BCUT2D eigenvalue weighted by molar-refractivity contribution is 0.0946. The van der Waals surface area contributed by atoms with Crippen molar-refractivity contribution in [2.75, 3.05) is 45.9 Å². The largest absolute Gasteiger partial charge is 0.490 e. The van der Waals surface area contributed by atoms with E-state index in [9.17, 15) is 9.18 Å². The van der Waals surface area contributed by atoms with Crippen LogP contribution in [0.3, 0.4) is 0 Å². The number of ether oxygens (including phenoxy) is 1.